The molecule has 7 nitrogen and oxygen atoms in total. The van der Waals surface area contributed by atoms with Crippen molar-refractivity contribution in [1.29, 1.82) is 0 Å². The summed E-state index contributed by atoms with van der Waals surface area (Å²) in [4.78, 5) is 36.5. The van der Waals surface area contributed by atoms with Crippen molar-refractivity contribution >= 4 is 35.3 Å². The Morgan fingerprint density at radius 2 is 1.62 bits per heavy atom. The minimum atomic E-state index is -1.32. The number of carboxylic acid groups (broad SMARTS) is 1. The van der Waals surface area contributed by atoms with Crippen LogP contribution in [0.1, 0.15) is 29.0 Å². The molecule has 174 valence electrons. The van der Waals surface area contributed by atoms with E-state index < -0.39 is 30.4 Å². The van der Waals surface area contributed by atoms with E-state index >= 15 is 0 Å². The Morgan fingerprint density at radius 1 is 1.00 bits per heavy atom. The zero-order chi connectivity index (χ0) is 24.2. The van der Waals surface area contributed by atoms with Crippen LogP contribution in [0.4, 0.5) is 10.5 Å². The van der Waals surface area contributed by atoms with E-state index in [0.29, 0.717) is 10.7 Å². The number of carbonyl (C=O) groups is 3. The Labute approximate surface area is 201 Å². The highest BCUT2D eigenvalue weighted by Crippen LogP contribution is 2.44. The molecule has 2 amide bonds. The van der Waals surface area contributed by atoms with Gasteiger partial charge in [-0.1, -0.05) is 60.1 Å². The van der Waals surface area contributed by atoms with Crippen molar-refractivity contribution in [2.45, 2.75) is 25.3 Å². The number of halogens is 1. The Balaban J connectivity index is 1.43. The number of fused-ring (bicyclic) bond motifs is 3. The number of hydrogen-bond donors (Lipinski definition) is 3. The van der Waals surface area contributed by atoms with E-state index in [9.17, 15) is 19.5 Å². The molecule has 0 saturated carbocycles. The molecule has 0 aromatic heterocycles. The monoisotopic (exact) mass is 478 g/mol. The summed E-state index contributed by atoms with van der Waals surface area (Å²) < 4.78 is 5.45. The maximum Gasteiger partial charge on any atom is 0.407 e. The van der Waals surface area contributed by atoms with Crippen molar-refractivity contribution in [3.8, 4) is 11.1 Å². The number of anilines is 1. The molecule has 4 rings (SSSR count). The van der Waals surface area contributed by atoms with Gasteiger partial charge in [0.2, 0.25) is 5.91 Å². The molecule has 0 saturated heterocycles. The molecular weight excluding hydrogens is 456 g/mol. The third-order valence-corrected chi connectivity index (χ3v) is 6.18. The Kier molecular flexibility index (Phi) is 6.84. The summed E-state index contributed by atoms with van der Waals surface area (Å²) in [5.41, 5.74) is 5.47. The van der Waals surface area contributed by atoms with Gasteiger partial charge in [0.05, 0.1) is 6.42 Å². The molecule has 3 aromatic rings. The van der Waals surface area contributed by atoms with E-state index in [2.05, 4.69) is 10.6 Å². The van der Waals surface area contributed by atoms with Crippen molar-refractivity contribution in [3.63, 3.8) is 0 Å². The smallest absolute Gasteiger partial charge is 0.407 e. The first-order valence-electron chi connectivity index (χ1n) is 10.7. The minimum absolute atomic E-state index is 0.0532. The van der Waals surface area contributed by atoms with E-state index in [1.807, 2.05) is 48.5 Å². The van der Waals surface area contributed by atoms with Gasteiger partial charge >= 0.3 is 12.1 Å². The first kappa shape index (κ1) is 23.3. The molecule has 0 spiro atoms. The lowest BCUT2D eigenvalue weighted by Gasteiger charge is -2.19. The van der Waals surface area contributed by atoms with Gasteiger partial charge in [0, 0.05) is 16.6 Å². The highest BCUT2D eigenvalue weighted by Gasteiger charge is 2.30. The molecule has 0 fully saturated rings. The number of aryl methyl sites for hydroxylation is 1. The second kappa shape index (κ2) is 9.97. The first-order chi connectivity index (χ1) is 16.3. The van der Waals surface area contributed by atoms with Crippen LogP contribution in [0.3, 0.4) is 0 Å². The van der Waals surface area contributed by atoms with E-state index in [-0.39, 0.29) is 12.5 Å². The summed E-state index contributed by atoms with van der Waals surface area (Å²) in [6.45, 7) is 1.83. The van der Waals surface area contributed by atoms with Gasteiger partial charge in [-0.25, -0.2) is 4.79 Å². The van der Waals surface area contributed by atoms with Gasteiger partial charge < -0.3 is 20.5 Å². The number of carboxylic acids is 1. The van der Waals surface area contributed by atoms with Crippen LogP contribution in [0.2, 0.25) is 5.02 Å². The summed E-state index contributed by atoms with van der Waals surface area (Å²) in [6, 6.07) is 19.4. The second-order valence-electron chi connectivity index (χ2n) is 8.07. The molecule has 34 heavy (non-hydrogen) atoms. The van der Waals surface area contributed by atoms with Gasteiger partial charge in [-0.15, -0.1) is 0 Å². The topological polar surface area (TPSA) is 105 Å². The molecule has 0 bridgehead atoms. The Bertz CT molecular complexity index is 1210. The number of aliphatic carboxylic acids is 1. The predicted octanol–water partition coefficient (Wildman–Crippen LogP) is 4.97. The van der Waals surface area contributed by atoms with Crippen molar-refractivity contribution in [2.75, 3.05) is 11.9 Å². The maximum absolute atomic E-state index is 12.7. The highest BCUT2D eigenvalue weighted by molar-refractivity contribution is 6.31. The van der Waals surface area contributed by atoms with Crippen molar-refractivity contribution < 1.29 is 24.2 Å². The van der Waals surface area contributed by atoms with Crippen LogP contribution in [0, 0.1) is 6.92 Å². The standard InChI is InChI=1S/C26H23ClN2O5/c1-15-12-16(10-11-22(15)27)28-25(32)23(13-24(30)31)29-26(33)34-14-21-19-8-4-2-6-17(19)18-7-3-5-9-20(18)21/h2-12,21,23H,13-14H2,1H3,(H,28,32)(H,29,33)(H,30,31). The molecule has 1 unspecified atom stereocenters. The lowest BCUT2D eigenvalue weighted by atomic mass is 9.98. The molecule has 3 N–H and O–H groups in total. The molecule has 1 atom stereocenters. The second-order valence-corrected chi connectivity index (χ2v) is 8.48. The molecule has 0 aliphatic heterocycles. The Hall–Kier alpha value is -3.84. The van der Waals surface area contributed by atoms with Crippen LogP contribution in [0.5, 0.6) is 0 Å². The van der Waals surface area contributed by atoms with E-state index in [1.165, 1.54) is 0 Å². The number of ether oxygens (including phenoxy) is 1. The van der Waals surface area contributed by atoms with Crippen LogP contribution in [0.25, 0.3) is 11.1 Å². The van der Waals surface area contributed by atoms with E-state index in [4.69, 9.17) is 16.3 Å². The summed E-state index contributed by atoms with van der Waals surface area (Å²) in [5, 5.41) is 14.8. The average molecular weight is 479 g/mol. The van der Waals surface area contributed by atoms with Gasteiger partial charge in [-0.05, 0) is 52.9 Å². The molecular formula is C26H23ClN2O5. The normalized spacial score (nSPS) is 12.9. The molecule has 1 aliphatic rings. The fourth-order valence-electron chi connectivity index (χ4n) is 4.12. The number of hydrogen-bond acceptors (Lipinski definition) is 4. The predicted molar refractivity (Wildman–Crippen MR) is 129 cm³/mol. The number of amides is 2. The Morgan fingerprint density at radius 3 is 2.21 bits per heavy atom. The van der Waals surface area contributed by atoms with Crippen molar-refractivity contribution in [3.05, 3.63) is 88.4 Å². The van der Waals surface area contributed by atoms with Gasteiger partial charge in [0.15, 0.2) is 0 Å². The van der Waals surface area contributed by atoms with Crippen molar-refractivity contribution in [2.24, 2.45) is 0 Å². The molecule has 8 heteroatoms. The zero-order valence-electron chi connectivity index (χ0n) is 18.4. The molecule has 0 radical (unpaired) electrons. The van der Waals surface area contributed by atoms with Crippen LogP contribution in [-0.2, 0) is 14.3 Å². The number of carbonyl (C=O) groups excluding carboxylic acids is 2. The summed E-state index contributed by atoms with van der Waals surface area (Å²) >= 11 is 6.01. The van der Waals surface area contributed by atoms with Crippen LogP contribution in [0.15, 0.2) is 66.7 Å². The van der Waals surface area contributed by atoms with Gasteiger partial charge in [0.1, 0.15) is 12.6 Å². The SMILES string of the molecule is Cc1cc(NC(=O)C(CC(=O)O)NC(=O)OCC2c3ccccc3-c3ccccc32)ccc1Cl. The third kappa shape index (κ3) is 5.05. The van der Waals surface area contributed by atoms with E-state index in [0.717, 1.165) is 27.8 Å². The molecule has 3 aromatic carbocycles. The largest absolute Gasteiger partial charge is 0.481 e. The van der Waals surface area contributed by atoms with Gasteiger partial charge in [0.25, 0.3) is 0 Å². The maximum atomic E-state index is 12.7. The van der Waals surface area contributed by atoms with Crippen LogP contribution < -0.4 is 10.6 Å². The van der Waals surface area contributed by atoms with Crippen LogP contribution >= 0.6 is 11.6 Å². The lowest BCUT2D eigenvalue weighted by molar-refractivity contribution is -0.139. The summed E-state index contributed by atoms with van der Waals surface area (Å²) in [5.74, 6) is -2.05. The summed E-state index contributed by atoms with van der Waals surface area (Å²) in [6.07, 6.45) is -1.46. The molecule has 1 aliphatic carbocycles. The fourth-order valence-corrected chi connectivity index (χ4v) is 4.24. The van der Waals surface area contributed by atoms with Gasteiger partial charge in [-0.2, -0.15) is 0 Å². The zero-order valence-corrected chi connectivity index (χ0v) is 19.1. The molecule has 0 heterocycles. The fraction of sp³-hybridized carbons (Fsp3) is 0.192. The van der Waals surface area contributed by atoms with Gasteiger partial charge in [-0.3, -0.25) is 9.59 Å². The highest BCUT2D eigenvalue weighted by atomic mass is 35.5. The van der Waals surface area contributed by atoms with E-state index in [1.54, 1.807) is 25.1 Å². The van der Waals surface area contributed by atoms with Crippen LogP contribution in [-0.4, -0.2) is 35.7 Å². The van der Waals surface area contributed by atoms with Crippen molar-refractivity contribution in [1.82, 2.24) is 5.32 Å². The minimum Gasteiger partial charge on any atom is -0.481 e. The average Bonchev–Trinajstić information content (AvgIpc) is 3.13. The third-order valence-electron chi connectivity index (χ3n) is 5.76. The lowest BCUT2D eigenvalue weighted by Crippen LogP contribution is -2.45. The number of nitrogens with one attached hydrogen (secondary N) is 2. The number of alkyl carbamates (subject to hydrolysis) is 1. The number of benzene rings is 3. The summed E-state index contributed by atoms with van der Waals surface area (Å²) in [7, 11) is 0. The number of rotatable bonds is 7. The quantitative estimate of drug-likeness (QED) is 0.444. The first-order valence-corrected chi connectivity index (χ1v) is 11.1.